The van der Waals surface area contributed by atoms with Crippen LogP contribution in [0.1, 0.15) is 5.56 Å². The van der Waals surface area contributed by atoms with Crippen LogP contribution in [0.3, 0.4) is 0 Å². The number of aromatic nitrogens is 4. The van der Waals surface area contributed by atoms with Gasteiger partial charge in [-0.1, -0.05) is 0 Å². The van der Waals surface area contributed by atoms with Crippen LogP contribution in [-0.4, -0.2) is 26.3 Å². The van der Waals surface area contributed by atoms with Gasteiger partial charge in [0, 0.05) is 17.1 Å². The number of H-pyrrole nitrogens is 1. The van der Waals surface area contributed by atoms with E-state index in [1.165, 1.54) is 17.3 Å². The number of fused-ring (bicyclic) bond motifs is 1. The lowest BCUT2D eigenvalue weighted by molar-refractivity contribution is 0.880. The van der Waals surface area contributed by atoms with Gasteiger partial charge in [0.25, 0.3) is 0 Å². The van der Waals surface area contributed by atoms with Gasteiger partial charge in [0.15, 0.2) is 0 Å². The van der Waals surface area contributed by atoms with E-state index in [1.54, 1.807) is 11.0 Å². The van der Waals surface area contributed by atoms with Crippen molar-refractivity contribution in [2.75, 3.05) is 6.54 Å². The van der Waals surface area contributed by atoms with Crippen molar-refractivity contribution in [3.63, 3.8) is 0 Å². The number of hydrogen-bond acceptors (Lipinski definition) is 3. The number of benzene rings is 1. The van der Waals surface area contributed by atoms with E-state index in [-0.39, 0.29) is 0 Å². The lowest BCUT2D eigenvalue weighted by Gasteiger charge is -2.01. The Labute approximate surface area is 98.3 Å². The first-order valence-corrected chi connectivity index (χ1v) is 5.53. The van der Waals surface area contributed by atoms with E-state index in [2.05, 4.69) is 21.1 Å². The predicted molar refractivity (Wildman–Crippen MR) is 66.0 cm³/mol. The molecule has 0 fully saturated rings. The van der Waals surface area contributed by atoms with Crippen molar-refractivity contribution < 1.29 is 0 Å². The second-order valence-electron chi connectivity index (χ2n) is 3.92. The largest absolute Gasteiger partial charge is 0.361 e. The lowest BCUT2D eigenvalue weighted by atomic mass is 10.1. The van der Waals surface area contributed by atoms with Crippen LogP contribution in [0, 0.1) is 0 Å². The fraction of sp³-hybridized carbons (Fsp3) is 0.167. The van der Waals surface area contributed by atoms with E-state index in [1.807, 2.05) is 18.3 Å². The quantitative estimate of drug-likeness (QED) is 0.707. The Morgan fingerprint density at radius 1 is 1.35 bits per heavy atom. The van der Waals surface area contributed by atoms with Gasteiger partial charge >= 0.3 is 0 Å². The summed E-state index contributed by atoms with van der Waals surface area (Å²) in [5.74, 6) is 0. The topological polar surface area (TPSA) is 72.5 Å². The van der Waals surface area contributed by atoms with Crippen LogP contribution < -0.4 is 5.73 Å². The molecule has 0 aliphatic rings. The second-order valence-corrected chi connectivity index (χ2v) is 3.92. The molecule has 5 heteroatoms. The molecule has 0 saturated carbocycles. The number of hydrogen-bond donors (Lipinski definition) is 2. The van der Waals surface area contributed by atoms with Crippen LogP contribution >= 0.6 is 0 Å². The van der Waals surface area contributed by atoms with Crippen LogP contribution in [-0.2, 0) is 6.42 Å². The summed E-state index contributed by atoms with van der Waals surface area (Å²) in [6.45, 7) is 0.653. The summed E-state index contributed by atoms with van der Waals surface area (Å²) in [5.41, 5.74) is 8.97. The SMILES string of the molecule is NCCc1c[nH]c2ccc(-n3cncn3)cc12. The molecule has 2 heterocycles. The third-order valence-electron chi connectivity index (χ3n) is 2.85. The first kappa shape index (κ1) is 10.0. The monoisotopic (exact) mass is 227 g/mol. The summed E-state index contributed by atoms with van der Waals surface area (Å²) < 4.78 is 1.75. The molecule has 3 N–H and O–H groups in total. The molecule has 17 heavy (non-hydrogen) atoms. The molecule has 0 bridgehead atoms. The van der Waals surface area contributed by atoms with Gasteiger partial charge in [-0.3, -0.25) is 0 Å². The highest BCUT2D eigenvalue weighted by Crippen LogP contribution is 2.21. The molecular formula is C12H13N5. The molecule has 5 nitrogen and oxygen atoms in total. The molecule has 0 amide bonds. The lowest BCUT2D eigenvalue weighted by Crippen LogP contribution is -2.02. The van der Waals surface area contributed by atoms with Crippen molar-refractivity contribution in [2.24, 2.45) is 5.73 Å². The van der Waals surface area contributed by atoms with Gasteiger partial charge in [0.2, 0.25) is 0 Å². The maximum absolute atomic E-state index is 5.60. The molecule has 0 atom stereocenters. The van der Waals surface area contributed by atoms with Crippen molar-refractivity contribution in [3.8, 4) is 5.69 Å². The third-order valence-corrected chi connectivity index (χ3v) is 2.85. The van der Waals surface area contributed by atoms with Crippen molar-refractivity contribution in [2.45, 2.75) is 6.42 Å². The molecule has 0 aliphatic carbocycles. The Bertz CT molecular complexity index is 623. The summed E-state index contributed by atoms with van der Waals surface area (Å²) in [5, 5.41) is 5.32. The number of aromatic amines is 1. The van der Waals surface area contributed by atoms with Crippen molar-refractivity contribution in [1.29, 1.82) is 0 Å². The summed E-state index contributed by atoms with van der Waals surface area (Å²) in [6, 6.07) is 6.16. The van der Waals surface area contributed by atoms with Gasteiger partial charge < -0.3 is 10.7 Å². The average molecular weight is 227 g/mol. The van der Waals surface area contributed by atoms with Gasteiger partial charge in [-0.15, -0.1) is 0 Å². The summed E-state index contributed by atoms with van der Waals surface area (Å²) in [4.78, 5) is 7.19. The fourth-order valence-corrected chi connectivity index (χ4v) is 2.01. The first-order chi connectivity index (χ1) is 8.38. The number of nitrogens with one attached hydrogen (secondary N) is 1. The maximum Gasteiger partial charge on any atom is 0.138 e. The van der Waals surface area contributed by atoms with Crippen molar-refractivity contribution in [3.05, 3.63) is 42.6 Å². The normalized spacial score (nSPS) is 11.1. The Morgan fingerprint density at radius 3 is 3.06 bits per heavy atom. The molecule has 3 aromatic rings. The van der Waals surface area contributed by atoms with Crippen LogP contribution in [0.2, 0.25) is 0 Å². The molecular weight excluding hydrogens is 214 g/mol. The zero-order chi connectivity index (χ0) is 11.7. The Kier molecular flexibility index (Phi) is 2.38. The van der Waals surface area contributed by atoms with Crippen LogP contribution in [0.25, 0.3) is 16.6 Å². The molecule has 86 valence electrons. The molecule has 1 aromatic carbocycles. The minimum absolute atomic E-state index is 0.653. The van der Waals surface area contributed by atoms with Crippen LogP contribution in [0.5, 0.6) is 0 Å². The molecule has 3 rings (SSSR count). The van der Waals surface area contributed by atoms with Crippen molar-refractivity contribution >= 4 is 10.9 Å². The molecule has 2 aromatic heterocycles. The zero-order valence-corrected chi connectivity index (χ0v) is 9.30. The Hall–Kier alpha value is -2.14. The summed E-state index contributed by atoms with van der Waals surface area (Å²) in [7, 11) is 0. The van der Waals surface area contributed by atoms with E-state index in [9.17, 15) is 0 Å². The number of nitrogens with two attached hydrogens (primary N) is 1. The number of nitrogens with zero attached hydrogens (tertiary/aromatic N) is 3. The smallest absolute Gasteiger partial charge is 0.138 e. The Balaban J connectivity index is 2.13. The highest BCUT2D eigenvalue weighted by atomic mass is 15.3. The minimum Gasteiger partial charge on any atom is -0.361 e. The minimum atomic E-state index is 0.653. The third kappa shape index (κ3) is 1.70. The summed E-state index contributed by atoms with van der Waals surface area (Å²) in [6.07, 6.45) is 6.11. The van der Waals surface area contributed by atoms with E-state index in [0.29, 0.717) is 6.54 Å². The summed E-state index contributed by atoms with van der Waals surface area (Å²) >= 11 is 0. The standard InChI is InChI=1S/C12H13N5/c13-4-3-9-6-15-12-2-1-10(5-11(9)12)17-8-14-7-16-17/h1-2,5-8,15H,3-4,13H2. The maximum atomic E-state index is 5.60. The van der Waals surface area contributed by atoms with E-state index in [0.717, 1.165) is 17.6 Å². The molecule has 0 radical (unpaired) electrons. The molecule has 0 spiro atoms. The number of rotatable bonds is 3. The Morgan fingerprint density at radius 2 is 2.29 bits per heavy atom. The van der Waals surface area contributed by atoms with Gasteiger partial charge in [0.05, 0.1) is 5.69 Å². The molecule has 0 saturated heterocycles. The highest BCUT2D eigenvalue weighted by Gasteiger charge is 2.05. The van der Waals surface area contributed by atoms with Gasteiger partial charge in [-0.2, -0.15) is 5.10 Å². The fourth-order valence-electron chi connectivity index (χ4n) is 2.01. The zero-order valence-electron chi connectivity index (χ0n) is 9.30. The van der Waals surface area contributed by atoms with Crippen molar-refractivity contribution in [1.82, 2.24) is 19.7 Å². The first-order valence-electron chi connectivity index (χ1n) is 5.53. The van der Waals surface area contributed by atoms with Gasteiger partial charge in [-0.05, 0) is 36.7 Å². The van der Waals surface area contributed by atoms with E-state index < -0.39 is 0 Å². The van der Waals surface area contributed by atoms with Gasteiger partial charge in [0.1, 0.15) is 12.7 Å². The molecule has 0 aliphatic heterocycles. The highest BCUT2D eigenvalue weighted by molar-refractivity contribution is 5.85. The molecule has 0 unspecified atom stereocenters. The van der Waals surface area contributed by atoms with E-state index in [4.69, 9.17) is 5.73 Å². The van der Waals surface area contributed by atoms with Crippen LogP contribution in [0.4, 0.5) is 0 Å². The average Bonchev–Trinajstić information content (AvgIpc) is 2.98. The second kappa shape index (κ2) is 4.03. The van der Waals surface area contributed by atoms with Gasteiger partial charge in [-0.25, -0.2) is 9.67 Å². The van der Waals surface area contributed by atoms with Crippen LogP contribution in [0.15, 0.2) is 37.1 Å². The van der Waals surface area contributed by atoms with E-state index >= 15 is 0 Å². The predicted octanol–water partition coefficient (Wildman–Crippen LogP) is 1.25.